The van der Waals surface area contributed by atoms with E-state index in [4.69, 9.17) is 4.74 Å². The summed E-state index contributed by atoms with van der Waals surface area (Å²) in [7, 11) is 0. The molecule has 0 radical (unpaired) electrons. The number of aromatic nitrogens is 1. The second kappa shape index (κ2) is 3.12. The lowest BCUT2D eigenvalue weighted by Gasteiger charge is -2.27. The van der Waals surface area contributed by atoms with Gasteiger partial charge in [0.05, 0.1) is 12.0 Å². The Hall–Kier alpha value is -1.31. The maximum Gasteiger partial charge on any atom is 0.109 e. The number of ether oxygens (including phenoxy) is 1. The van der Waals surface area contributed by atoms with E-state index in [1.54, 1.807) is 0 Å². The van der Waals surface area contributed by atoms with E-state index in [9.17, 15) is 0 Å². The molecule has 1 fully saturated rings. The molecule has 1 aliphatic heterocycles. The summed E-state index contributed by atoms with van der Waals surface area (Å²) in [5, 5.41) is 2.31. The molecule has 0 N–H and O–H groups in total. The topological polar surface area (TPSA) is 22.1 Å². The monoisotopic (exact) mass is 187 g/mol. The Bertz CT molecular complexity index is 463. The van der Waals surface area contributed by atoms with Crippen LogP contribution in [0.4, 0.5) is 0 Å². The summed E-state index contributed by atoms with van der Waals surface area (Å²) in [6, 6.07) is 4.10. The minimum absolute atomic E-state index is 0.612. The highest BCUT2D eigenvalue weighted by Gasteiger charge is 2.22. The van der Waals surface area contributed by atoms with Gasteiger partial charge in [-0.15, -0.1) is 0 Å². The molecule has 2 nitrogen and oxygen atoms in total. The van der Waals surface area contributed by atoms with Crippen LogP contribution in [0.15, 0.2) is 18.3 Å². The minimum atomic E-state index is 0.612. The van der Waals surface area contributed by atoms with E-state index in [0.717, 1.165) is 18.4 Å². The Labute approximate surface area is 82.9 Å². The Kier molecular flexibility index (Phi) is 1.79. The molecule has 1 aliphatic carbocycles. The van der Waals surface area contributed by atoms with E-state index >= 15 is 0 Å². The molecule has 2 aliphatic rings. The maximum absolute atomic E-state index is 5.76. The van der Waals surface area contributed by atoms with Gasteiger partial charge in [0.25, 0.3) is 0 Å². The molecule has 0 amide bonds. The van der Waals surface area contributed by atoms with E-state index in [0.29, 0.717) is 5.92 Å². The maximum atomic E-state index is 5.76. The third-order valence-corrected chi connectivity index (χ3v) is 3.02. The van der Waals surface area contributed by atoms with Crippen molar-refractivity contribution in [3.8, 4) is 0 Å². The first kappa shape index (κ1) is 8.04. The van der Waals surface area contributed by atoms with Crippen LogP contribution in [0.3, 0.4) is 0 Å². The molecule has 2 heteroatoms. The van der Waals surface area contributed by atoms with Gasteiger partial charge in [0, 0.05) is 17.3 Å². The molecular weight excluding hydrogens is 174 g/mol. The van der Waals surface area contributed by atoms with Crippen molar-refractivity contribution in [1.29, 1.82) is 0 Å². The minimum Gasteiger partial charge on any atom is -0.497 e. The van der Waals surface area contributed by atoms with Crippen LogP contribution in [-0.4, -0.2) is 11.6 Å². The Morgan fingerprint density at radius 2 is 2.43 bits per heavy atom. The quantitative estimate of drug-likeness (QED) is 0.599. The Morgan fingerprint density at radius 3 is 3.43 bits per heavy atom. The summed E-state index contributed by atoms with van der Waals surface area (Å²) in [5.41, 5.74) is 0. The first-order valence-electron chi connectivity index (χ1n) is 5.23. The number of rotatable bonds is 0. The van der Waals surface area contributed by atoms with Crippen molar-refractivity contribution in [1.82, 2.24) is 4.98 Å². The van der Waals surface area contributed by atoms with Crippen LogP contribution in [0.1, 0.15) is 19.3 Å². The van der Waals surface area contributed by atoms with Gasteiger partial charge in [0.1, 0.15) is 5.76 Å². The molecule has 1 atom stereocenters. The van der Waals surface area contributed by atoms with Crippen molar-refractivity contribution < 1.29 is 4.74 Å². The van der Waals surface area contributed by atoms with Gasteiger partial charge in [-0.2, -0.15) is 0 Å². The Morgan fingerprint density at radius 1 is 1.43 bits per heavy atom. The lowest BCUT2D eigenvalue weighted by molar-refractivity contribution is 0.191. The van der Waals surface area contributed by atoms with Crippen LogP contribution in [0.25, 0.3) is 11.8 Å². The zero-order chi connectivity index (χ0) is 9.38. The fourth-order valence-electron chi connectivity index (χ4n) is 2.33. The smallest absolute Gasteiger partial charge is 0.109 e. The van der Waals surface area contributed by atoms with E-state index in [-0.39, 0.29) is 0 Å². The van der Waals surface area contributed by atoms with Gasteiger partial charge in [0.15, 0.2) is 0 Å². The highest BCUT2D eigenvalue weighted by Crippen LogP contribution is 2.28. The first-order valence-corrected chi connectivity index (χ1v) is 5.23. The van der Waals surface area contributed by atoms with Crippen LogP contribution in [0, 0.1) is 5.92 Å². The lowest BCUT2D eigenvalue weighted by Crippen LogP contribution is -2.37. The zero-order valence-corrected chi connectivity index (χ0v) is 8.07. The molecule has 1 saturated heterocycles. The molecule has 0 saturated carbocycles. The fourth-order valence-corrected chi connectivity index (χ4v) is 2.33. The SMILES string of the molecule is C1=c2ncccc2=C2OCCCC2C1. The molecular formula is C12H13NO. The summed E-state index contributed by atoms with van der Waals surface area (Å²) in [6.07, 6.45) is 7.63. The van der Waals surface area contributed by atoms with Crippen molar-refractivity contribution in [2.24, 2.45) is 5.92 Å². The highest BCUT2D eigenvalue weighted by molar-refractivity contribution is 5.47. The molecule has 1 unspecified atom stereocenters. The Balaban J connectivity index is 2.27. The third kappa shape index (κ3) is 1.14. The molecule has 0 aromatic carbocycles. The van der Waals surface area contributed by atoms with E-state index in [2.05, 4.69) is 17.1 Å². The van der Waals surface area contributed by atoms with Crippen LogP contribution in [0.2, 0.25) is 0 Å². The van der Waals surface area contributed by atoms with Crippen molar-refractivity contribution >= 4 is 11.8 Å². The third-order valence-electron chi connectivity index (χ3n) is 3.02. The van der Waals surface area contributed by atoms with Crippen molar-refractivity contribution in [3.05, 3.63) is 28.9 Å². The van der Waals surface area contributed by atoms with E-state index < -0.39 is 0 Å². The number of fused-ring (bicyclic) bond motifs is 2. The summed E-state index contributed by atoms with van der Waals surface area (Å²) in [4.78, 5) is 4.35. The molecule has 72 valence electrons. The van der Waals surface area contributed by atoms with Gasteiger partial charge in [-0.3, -0.25) is 4.98 Å². The molecule has 3 rings (SSSR count). The van der Waals surface area contributed by atoms with Gasteiger partial charge in [-0.1, -0.05) is 6.08 Å². The van der Waals surface area contributed by atoms with Gasteiger partial charge < -0.3 is 4.74 Å². The van der Waals surface area contributed by atoms with Crippen LogP contribution < -0.4 is 10.6 Å². The average Bonchev–Trinajstić information content (AvgIpc) is 2.29. The predicted octanol–water partition coefficient (Wildman–Crippen LogP) is 0.801. The van der Waals surface area contributed by atoms with Gasteiger partial charge >= 0.3 is 0 Å². The van der Waals surface area contributed by atoms with Crippen molar-refractivity contribution in [2.75, 3.05) is 6.61 Å². The zero-order valence-electron chi connectivity index (χ0n) is 8.07. The molecule has 0 spiro atoms. The average molecular weight is 187 g/mol. The summed E-state index contributed by atoms with van der Waals surface area (Å²) >= 11 is 0. The highest BCUT2D eigenvalue weighted by atomic mass is 16.5. The summed E-state index contributed by atoms with van der Waals surface area (Å²) < 4.78 is 5.76. The number of hydrogen-bond donors (Lipinski definition) is 0. The summed E-state index contributed by atoms with van der Waals surface area (Å²) in [6.45, 7) is 0.875. The number of hydrogen-bond acceptors (Lipinski definition) is 2. The molecule has 1 aromatic heterocycles. The van der Waals surface area contributed by atoms with Gasteiger partial charge in [-0.25, -0.2) is 0 Å². The predicted molar refractivity (Wildman–Crippen MR) is 54.7 cm³/mol. The number of pyridine rings is 1. The van der Waals surface area contributed by atoms with Crippen molar-refractivity contribution in [2.45, 2.75) is 19.3 Å². The molecule has 0 bridgehead atoms. The molecule has 2 heterocycles. The van der Waals surface area contributed by atoms with Crippen LogP contribution >= 0.6 is 0 Å². The molecule has 14 heavy (non-hydrogen) atoms. The standard InChI is InChI=1S/C12H13NO/c1-4-10-11(13-7-1)6-5-9-3-2-8-14-12(9)10/h1,4,6-7,9H,2-3,5,8H2. The molecule has 1 aromatic rings. The fraction of sp³-hybridized carbons (Fsp3) is 0.417. The van der Waals surface area contributed by atoms with Gasteiger partial charge in [-0.05, 0) is 31.4 Å². The first-order chi connectivity index (χ1) is 6.95. The number of nitrogens with zero attached hydrogens (tertiary/aromatic N) is 1. The van der Waals surface area contributed by atoms with E-state index in [1.165, 1.54) is 23.8 Å². The van der Waals surface area contributed by atoms with E-state index in [1.807, 2.05) is 12.3 Å². The van der Waals surface area contributed by atoms with Crippen molar-refractivity contribution in [3.63, 3.8) is 0 Å². The normalized spacial score (nSPS) is 24.3. The second-order valence-electron chi connectivity index (χ2n) is 3.93. The van der Waals surface area contributed by atoms with Crippen LogP contribution in [0.5, 0.6) is 0 Å². The van der Waals surface area contributed by atoms with Gasteiger partial charge in [0.2, 0.25) is 0 Å². The lowest BCUT2D eigenvalue weighted by atomic mass is 9.91. The largest absolute Gasteiger partial charge is 0.497 e. The second-order valence-corrected chi connectivity index (χ2v) is 3.93. The summed E-state index contributed by atoms with van der Waals surface area (Å²) in [5.74, 6) is 1.79. The van der Waals surface area contributed by atoms with Crippen LogP contribution in [-0.2, 0) is 4.74 Å².